The van der Waals surface area contributed by atoms with Gasteiger partial charge in [0.2, 0.25) is 0 Å². The standard InChI is InChI=1S/C21H23ClN2O3S.ClH/c1-26-17-10-9-14(13-18(17)27-2)21(25)19(15-7-3-4-8-16(15)22)28-20-23-11-5-6-12-24(20)21;/h3-4,7-10,13,19,25H,5-6,11-12H2,1-2H3;1H. The normalized spacial score (nSPS) is 23.5. The van der Waals surface area contributed by atoms with Gasteiger partial charge in [-0.2, -0.15) is 0 Å². The van der Waals surface area contributed by atoms with E-state index in [2.05, 4.69) is 0 Å². The van der Waals surface area contributed by atoms with E-state index in [1.807, 2.05) is 47.4 Å². The van der Waals surface area contributed by atoms with Crippen LogP contribution in [0.2, 0.25) is 5.02 Å². The zero-order valence-corrected chi connectivity index (χ0v) is 18.7. The number of aliphatic hydroxyl groups is 1. The molecule has 2 unspecified atom stereocenters. The molecule has 0 aromatic heterocycles. The Balaban J connectivity index is 0.00000240. The molecule has 1 fully saturated rings. The number of thioether (sulfide) groups is 1. The van der Waals surface area contributed by atoms with Crippen LogP contribution >= 0.6 is 35.8 Å². The Bertz CT molecular complexity index is 911. The Kier molecular flexibility index (Phi) is 6.89. The molecule has 0 bridgehead atoms. The molecule has 0 amide bonds. The molecule has 2 aliphatic heterocycles. The van der Waals surface area contributed by atoms with Gasteiger partial charge < -0.3 is 19.5 Å². The average molecular weight is 455 g/mol. The van der Waals surface area contributed by atoms with Crippen LogP contribution in [0.15, 0.2) is 47.5 Å². The lowest BCUT2D eigenvalue weighted by Gasteiger charge is -2.38. The molecule has 2 aliphatic rings. The first-order valence-electron chi connectivity index (χ1n) is 9.27. The molecule has 8 heteroatoms. The van der Waals surface area contributed by atoms with E-state index < -0.39 is 5.72 Å². The molecule has 0 saturated carbocycles. The minimum absolute atomic E-state index is 0. The molecule has 0 radical (unpaired) electrons. The summed E-state index contributed by atoms with van der Waals surface area (Å²) >= 11 is 8.10. The molecule has 2 aromatic carbocycles. The van der Waals surface area contributed by atoms with Crippen molar-refractivity contribution >= 4 is 40.9 Å². The summed E-state index contributed by atoms with van der Waals surface area (Å²) in [6.45, 7) is 1.51. The van der Waals surface area contributed by atoms with Gasteiger partial charge in [-0.1, -0.05) is 47.6 Å². The first-order valence-corrected chi connectivity index (χ1v) is 10.5. The second kappa shape index (κ2) is 9.04. The summed E-state index contributed by atoms with van der Waals surface area (Å²) in [5, 5.41) is 13.4. The third kappa shape index (κ3) is 3.79. The molecule has 2 aromatic rings. The molecule has 5 nitrogen and oxygen atoms in total. The van der Waals surface area contributed by atoms with Gasteiger partial charge in [-0.3, -0.25) is 4.99 Å². The van der Waals surface area contributed by atoms with Crippen LogP contribution in [0, 0.1) is 0 Å². The average Bonchev–Trinajstić information content (AvgIpc) is 2.87. The second-order valence-corrected chi connectivity index (χ2v) is 8.32. The van der Waals surface area contributed by atoms with Crippen molar-refractivity contribution in [3.05, 3.63) is 58.6 Å². The highest BCUT2D eigenvalue weighted by Gasteiger charge is 2.54. The van der Waals surface area contributed by atoms with Gasteiger partial charge in [-0.05, 0) is 36.6 Å². The van der Waals surface area contributed by atoms with Crippen LogP contribution in [0.1, 0.15) is 29.2 Å². The first-order chi connectivity index (χ1) is 13.6. The Hall–Kier alpha value is -1.60. The number of methoxy groups -OCH3 is 2. The van der Waals surface area contributed by atoms with E-state index in [-0.39, 0.29) is 17.7 Å². The molecule has 4 rings (SSSR count). The van der Waals surface area contributed by atoms with Gasteiger partial charge in [0.1, 0.15) is 0 Å². The molecule has 1 saturated heterocycles. The maximum atomic E-state index is 12.2. The van der Waals surface area contributed by atoms with Crippen molar-refractivity contribution in [1.29, 1.82) is 0 Å². The summed E-state index contributed by atoms with van der Waals surface area (Å²) in [7, 11) is 3.20. The van der Waals surface area contributed by atoms with Crippen LogP contribution in [-0.2, 0) is 5.72 Å². The minimum atomic E-state index is -1.29. The van der Waals surface area contributed by atoms with Gasteiger partial charge in [0.15, 0.2) is 22.4 Å². The Morgan fingerprint density at radius 1 is 1.14 bits per heavy atom. The zero-order valence-electron chi connectivity index (χ0n) is 16.3. The quantitative estimate of drug-likeness (QED) is 0.714. The highest BCUT2D eigenvalue weighted by Crippen LogP contribution is 2.56. The monoisotopic (exact) mass is 454 g/mol. The number of halogens is 2. The molecular weight excluding hydrogens is 431 g/mol. The fourth-order valence-corrected chi connectivity index (χ4v) is 5.63. The maximum Gasteiger partial charge on any atom is 0.182 e. The van der Waals surface area contributed by atoms with E-state index in [0.29, 0.717) is 16.5 Å². The summed E-state index contributed by atoms with van der Waals surface area (Å²) in [6, 6.07) is 13.2. The van der Waals surface area contributed by atoms with Crippen LogP contribution in [-0.4, -0.2) is 42.5 Å². The van der Waals surface area contributed by atoms with E-state index in [1.54, 1.807) is 26.0 Å². The number of ether oxygens (including phenoxy) is 2. The van der Waals surface area contributed by atoms with E-state index in [0.717, 1.165) is 42.2 Å². The highest BCUT2D eigenvalue weighted by molar-refractivity contribution is 8.14. The SMILES string of the molecule is COc1ccc(C2(O)C(c3ccccc3Cl)SC3=NCCCCN32)cc1OC.Cl. The van der Waals surface area contributed by atoms with Crippen molar-refractivity contribution in [2.75, 3.05) is 27.3 Å². The van der Waals surface area contributed by atoms with E-state index in [9.17, 15) is 5.11 Å². The summed E-state index contributed by atoms with van der Waals surface area (Å²) < 4.78 is 10.9. The van der Waals surface area contributed by atoms with Crippen LogP contribution in [0.4, 0.5) is 0 Å². The van der Waals surface area contributed by atoms with E-state index in [4.69, 9.17) is 26.1 Å². The van der Waals surface area contributed by atoms with Crippen LogP contribution in [0.3, 0.4) is 0 Å². The number of aliphatic imine (C=N–C) groups is 1. The Morgan fingerprint density at radius 2 is 1.90 bits per heavy atom. The topological polar surface area (TPSA) is 54.3 Å². The van der Waals surface area contributed by atoms with Crippen LogP contribution < -0.4 is 9.47 Å². The fraction of sp³-hybridized carbons (Fsp3) is 0.381. The molecule has 29 heavy (non-hydrogen) atoms. The lowest BCUT2D eigenvalue weighted by molar-refractivity contribution is -0.0713. The second-order valence-electron chi connectivity index (χ2n) is 6.84. The maximum absolute atomic E-state index is 12.2. The first kappa shape index (κ1) is 22.1. The third-order valence-corrected chi connectivity index (χ3v) is 6.99. The molecule has 0 spiro atoms. The summed E-state index contributed by atoms with van der Waals surface area (Å²) in [5.74, 6) is 1.20. The molecular formula is C21H24Cl2N2O3S. The molecule has 2 heterocycles. The summed E-state index contributed by atoms with van der Waals surface area (Å²) in [5.41, 5.74) is 0.329. The third-order valence-electron chi connectivity index (χ3n) is 5.26. The number of fused-ring (bicyclic) bond motifs is 1. The van der Waals surface area contributed by atoms with Gasteiger partial charge in [-0.25, -0.2) is 0 Å². The Labute approximate surface area is 186 Å². The smallest absolute Gasteiger partial charge is 0.182 e. The van der Waals surface area contributed by atoms with Crippen molar-refractivity contribution in [3.8, 4) is 11.5 Å². The molecule has 0 aliphatic carbocycles. The van der Waals surface area contributed by atoms with Crippen LogP contribution in [0.25, 0.3) is 0 Å². The Morgan fingerprint density at radius 3 is 2.62 bits per heavy atom. The van der Waals surface area contributed by atoms with E-state index in [1.165, 1.54) is 0 Å². The van der Waals surface area contributed by atoms with Gasteiger partial charge in [0, 0.05) is 23.7 Å². The zero-order chi connectivity index (χ0) is 19.7. The fourth-order valence-electron chi connectivity index (χ4n) is 3.82. The lowest BCUT2D eigenvalue weighted by atomic mass is 9.92. The van der Waals surface area contributed by atoms with Crippen molar-refractivity contribution < 1.29 is 14.6 Å². The van der Waals surface area contributed by atoms with Gasteiger partial charge in [0.25, 0.3) is 0 Å². The van der Waals surface area contributed by atoms with Gasteiger partial charge in [0.05, 0.1) is 19.5 Å². The van der Waals surface area contributed by atoms with Crippen molar-refractivity contribution in [2.24, 2.45) is 4.99 Å². The molecule has 2 atom stereocenters. The highest BCUT2D eigenvalue weighted by atomic mass is 35.5. The summed E-state index contributed by atoms with van der Waals surface area (Å²) in [4.78, 5) is 6.75. The predicted octanol–water partition coefficient (Wildman–Crippen LogP) is 4.86. The minimum Gasteiger partial charge on any atom is -0.493 e. The number of nitrogens with zero attached hydrogens (tertiary/aromatic N) is 2. The van der Waals surface area contributed by atoms with Crippen molar-refractivity contribution in [1.82, 2.24) is 4.90 Å². The van der Waals surface area contributed by atoms with Gasteiger partial charge in [-0.15, -0.1) is 12.4 Å². The van der Waals surface area contributed by atoms with Crippen molar-refractivity contribution in [3.63, 3.8) is 0 Å². The number of hydrogen-bond acceptors (Lipinski definition) is 6. The molecule has 1 N–H and O–H groups in total. The largest absolute Gasteiger partial charge is 0.493 e. The number of amidine groups is 1. The van der Waals surface area contributed by atoms with Crippen molar-refractivity contribution in [2.45, 2.75) is 23.8 Å². The predicted molar refractivity (Wildman–Crippen MR) is 121 cm³/mol. The molecule has 156 valence electrons. The number of hydrogen-bond donors (Lipinski definition) is 1. The number of benzene rings is 2. The summed E-state index contributed by atoms with van der Waals surface area (Å²) in [6.07, 6.45) is 1.98. The van der Waals surface area contributed by atoms with Crippen LogP contribution in [0.5, 0.6) is 11.5 Å². The van der Waals surface area contributed by atoms with E-state index >= 15 is 0 Å². The number of rotatable bonds is 4. The van der Waals surface area contributed by atoms with Gasteiger partial charge >= 0.3 is 0 Å². The lowest BCUT2D eigenvalue weighted by Crippen LogP contribution is -2.46.